The molecule has 0 bridgehead atoms. The van der Waals surface area contributed by atoms with Crippen LogP contribution in [0.4, 0.5) is 0 Å². The van der Waals surface area contributed by atoms with Crippen LogP contribution >= 0.6 is 0 Å². The molecule has 0 spiro atoms. The molecule has 0 aliphatic carbocycles. The minimum atomic E-state index is 0.272. The summed E-state index contributed by atoms with van der Waals surface area (Å²) in [7, 11) is 0. The zero-order valence-electron chi connectivity index (χ0n) is 11.8. The van der Waals surface area contributed by atoms with Gasteiger partial charge in [-0.1, -0.05) is 12.1 Å². The smallest absolute Gasteiger partial charge is 0.0502 e. The van der Waals surface area contributed by atoms with Crippen molar-refractivity contribution < 1.29 is 5.11 Å². The highest BCUT2D eigenvalue weighted by molar-refractivity contribution is 5.39. The third-order valence-electron chi connectivity index (χ3n) is 4.43. The monoisotopic (exact) mass is 247 g/mol. The molecule has 1 saturated heterocycles. The Hall–Kier alpha value is -0.860. The molecule has 100 valence electrons. The number of aliphatic hydroxyl groups excluding tert-OH is 1. The van der Waals surface area contributed by atoms with Crippen LogP contribution in [-0.4, -0.2) is 24.8 Å². The summed E-state index contributed by atoms with van der Waals surface area (Å²) < 4.78 is 0. The second-order valence-corrected chi connectivity index (χ2v) is 5.67. The summed E-state index contributed by atoms with van der Waals surface area (Å²) in [6.45, 7) is 8.94. The predicted molar refractivity (Wildman–Crippen MR) is 76.1 cm³/mol. The van der Waals surface area contributed by atoms with E-state index in [9.17, 15) is 5.11 Å². The predicted octanol–water partition coefficient (Wildman–Crippen LogP) is 2.69. The number of hydrogen-bond donors (Lipinski definition) is 2. The molecule has 0 radical (unpaired) electrons. The fraction of sp³-hybridized carbons (Fsp3) is 0.625. The Bertz CT molecular complexity index is 408. The standard InChI is InChI=1S/C16H25NO/c1-11-8-13(3)15(9-12(11)2)16(10-18)14-4-6-17-7-5-14/h8-9,14,16-18H,4-7,10H2,1-3H3. The van der Waals surface area contributed by atoms with Gasteiger partial charge in [0, 0.05) is 5.92 Å². The highest BCUT2D eigenvalue weighted by Crippen LogP contribution is 2.33. The second kappa shape index (κ2) is 5.85. The average Bonchev–Trinajstić information content (AvgIpc) is 2.38. The van der Waals surface area contributed by atoms with Gasteiger partial charge < -0.3 is 10.4 Å². The van der Waals surface area contributed by atoms with Crippen LogP contribution in [0.15, 0.2) is 12.1 Å². The Labute approximate surface area is 110 Å². The second-order valence-electron chi connectivity index (χ2n) is 5.67. The summed E-state index contributed by atoms with van der Waals surface area (Å²) in [5, 5.41) is 13.2. The fourth-order valence-electron chi connectivity index (χ4n) is 3.13. The Morgan fingerprint density at radius 3 is 2.33 bits per heavy atom. The summed E-state index contributed by atoms with van der Waals surface area (Å²) in [4.78, 5) is 0. The van der Waals surface area contributed by atoms with Crippen molar-refractivity contribution in [2.24, 2.45) is 5.92 Å². The Morgan fingerprint density at radius 2 is 1.72 bits per heavy atom. The lowest BCUT2D eigenvalue weighted by molar-refractivity contribution is 0.201. The first-order chi connectivity index (χ1) is 8.63. The average molecular weight is 247 g/mol. The van der Waals surface area contributed by atoms with Gasteiger partial charge in [0.25, 0.3) is 0 Å². The van der Waals surface area contributed by atoms with Crippen LogP contribution in [0.3, 0.4) is 0 Å². The quantitative estimate of drug-likeness (QED) is 0.860. The summed E-state index contributed by atoms with van der Waals surface area (Å²) in [6, 6.07) is 4.54. The lowest BCUT2D eigenvalue weighted by Crippen LogP contribution is -2.32. The molecule has 0 aromatic heterocycles. The Balaban J connectivity index is 2.28. The van der Waals surface area contributed by atoms with Gasteiger partial charge in [0.05, 0.1) is 6.61 Å². The molecule has 1 atom stereocenters. The first kappa shape index (κ1) is 13.6. The largest absolute Gasteiger partial charge is 0.396 e. The number of rotatable bonds is 3. The molecule has 2 heteroatoms. The van der Waals surface area contributed by atoms with Crippen molar-refractivity contribution in [2.75, 3.05) is 19.7 Å². The van der Waals surface area contributed by atoms with Gasteiger partial charge in [0.15, 0.2) is 0 Å². The van der Waals surface area contributed by atoms with Crippen molar-refractivity contribution in [2.45, 2.75) is 39.5 Å². The van der Waals surface area contributed by atoms with E-state index in [0.29, 0.717) is 11.8 Å². The van der Waals surface area contributed by atoms with Crippen LogP contribution in [-0.2, 0) is 0 Å². The van der Waals surface area contributed by atoms with E-state index in [1.807, 2.05) is 0 Å². The lowest BCUT2D eigenvalue weighted by atomic mass is 9.78. The third kappa shape index (κ3) is 2.76. The van der Waals surface area contributed by atoms with Crippen LogP contribution in [0.1, 0.15) is 41.0 Å². The van der Waals surface area contributed by atoms with Crippen molar-refractivity contribution in [1.29, 1.82) is 0 Å². The maximum Gasteiger partial charge on any atom is 0.0502 e. The maximum absolute atomic E-state index is 9.80. The van der Waals surface area contributed by atoms with Crippen molar-refractivity contribution in [3.8, 4) is 0 Å². The Morgan fingerprint density at radius 1 is 1.11 bits per heavy atom. The van der Waals surface area contributed by atoms with E-state index in [2.05, 4.69) is 38.2 Å². The van der Waals surface area contributed by atoms with Gasteiger partial charge in [0.1, 0.15) is 0 Å². The maximum atomic E-state index is 9.80. The molecule has 2 N–H and O–H groups in total. The van der Waals surface area contributed by atoms with E-state index in [1.54, 1.807) is 0 Å². The number of aliphatic hydroxyl groups is 1. The third-order valence-corrected chi connectivity index (χ3v) is 4.43. The van der Waals surface area contributed by atoms with Crippen LogP contribution in [0, 0.1) is 26.7 Å². The van der Waals surface area contributed by atoms with Gasteiger partial charge in [0.2, 0.25) is 0 Å². The topological polar surface area (TPSA) is 32.3 Å². The molecule has 18 heavy (non-hydrogen) atoms. The molecule has 1 aliphatic rings. The van der Waals surface area contributed by atoms with Crippen molar-refractivity contribution in [3.63, 3.8) is 0 Å². The number of benzene rings is 1. The number of piperidine rings is 1. The molecular formula is C16H25NO. The normalized spacial score (nSPS) is 18.9. The summed E-state index contributed by atoms with van der Waals surface area (Å²) in [5.74, 6) is 0.934. The van der Waals surface area contributed by atoms with Gasteiger partial charge in [-0.05, 0) is 74.9 Å². The van der Waals surface area contributed by atoms with Gasteiger partial charge in [-0.15, -0.1) is 0 Å². The van der Waals surface area contributed by atoms with E-state index in [0.717, 1.165) is 13.1 Å². The minimum Gasteiger partial charge on any atom is -0.396 e. The molecule has 0 saturated carbocycles. The van der Waals surface area contributed by atoms with Crippen LogP contribution in [0.5, 0.6) is 0 Å². The summed E-state index contributed by atoms with van der Waals surface area (Å²) in [5.41, 5.74) is 5.37. The number of hydrogen-bond acceptors (Lipinski definition) is 2. The van der Waals surface area contributed by atoms with Crippen LogP contribution in [0.25, 0.3) is 0 Å². The molecule has 1 fully saturated rings. The van der Waals surface area contributed by atoms with E-state index in [-0.39, 0.29) is 6.61 Å². The SMILES string of the molecule is Cc1cc(C)c(C(CO)C2CCNCC2)cc1C. The molecule has 1 unspecified atom stereocenters. The van der Waals surface area contributed by atoms with Gasteiger partial charge in [-0.25, -0.2) is 0 Å². The van der Waals surface area contributed by atoms with Crippen LogP contribution < -0.4 is 5.32 Å². The molecule has 1 aliphatic heterocycles. The molecule has 1 heterocycles. The molecule has 2 nitrogen and oxygen atoms in total. The van der Waals surface area contributed by atoms with Gasteiger partial charge in [-0.3, -0.25) is 0 Å². The van der Waals surface area contributed by atoms with Crippen molar-refractivity contribution >= 4 is 0 Å². The van der Waals surface area contributed by atoms with E-state index in [4.69, 9.17) is 0 Å². The molecule has 2 rings (SSSR count). The van der Waals surface area contributed by atoms with Crippen molar-refractivity contribution in [3.05, 3.63) is 34.4 Å². The number of aryl methyl sites for hydroxylation is 3. The molecule has 1 aromatic rings. The first-order valence-corrected chi connectivity index (χ1v) is 7.02. The minimum absolute atomic E-state index is 0.272. The Kier molecular flexibility index (Phi) is 4.41. The highest BCUT2D eigenvalue weighted by Gasteiger charge is 2.25. The zero-order chi connectivity index (χ0) is 13.1. The van der Waals surface area contributed by atoms with Crippen molar-refractivity contribution in [1.82, 2.24) is 5.32 Å². The molecule has 1 aromatic carbocycles. The van der Waals surface area contributed by atoms with Crippen LogP contribution in [0.2, 0.25) is 0 Å². The van der Waals surface area contributed by atoms with E-state index < -0.39 is 0 Å². The zero-order valence-corrected chi connectivity index (χ0v) is 11.8. The molecular weight excluding hydrogens is 222 g/mol. The van der Waals surface area contributed by atoms with Gasteiger partial charge >= 0.3 is 0 Å². The number of nitrogens with one attached hydrogen (secondary N) is 1. The highest BCUT2D eigenvalue weighted by atomic mass is 16.3. The molecule has 0 amide bonds. The first-order valence-electron chi connectivity index (χ1n) is 7.02. The van der Waals surface area contributed by atoms with Gasteiger partial charge in [-0.2, -0.15) is 0 Å². The van der Waals surface area contributed by atoms with E-state index >= 15 is 0 Å². The lowest BCUT2D eigenvalue weighted by Gasteiger charge is -2.31. The summed E-state index contributed by atoms with van der Waals surface area (Å²) >= 11 is 0. The summed E-state index contributed by atoms with van der Waals surface area (Å²) in [6.07, 6.45) is 2.36. The van der Waals surface area contributed by atoms with E-state index in [1.165, 1.54) is 35.1 Å². The fourth-order valence-corrected chi connectivity index (χ4v) is 3.13.